The van der Waals surface area contributed by atoms with Crippen LogP contribution < -0.4 is 15.6 Å². The van der Waals surface area contributed by atoms with E-state index >= 15 is 8.78 Å². The molecule has 0 saturated heterocycles. The lowest BCUT2D eigenvalue weighted by atomic mass is 10.0. The number of hydrogen-bond donors (Lipinski definition) is 2. The zero-order valence-electron chi connectivity index (χ0n) is 26.5. The summed E-state index contributed by atoms with van der Waals surface area (Å²) in [5.74, 6) is -8.52. The van der Waals surface area contributed by atoms with Gasteiger partial charge in [-0.2, -0.15) is 13.9 Å². The quantitative estimate of drug-likeness (QED) is 0.182. The summed E-state index contributed by atoms with van der Waals surface area (Å²) < 4.78 is 117. The third-order valence-corrected chi connectivity index (χ3v) is 9.84. The lowest BCUT2D eigenvalue weighted by Gasteiger charge is -2.23. The van der Waals surface area contributed by atoms with Crippen molar-refractivity contribution in [2.75, 3.05) is 11.0 Å². The van der Waals surface area contributed by atoms with Crippen LogP contribution in [0.25, 0.3) is 16.6 Å². The maximum absolute atomic E-state index is 15.2. The van der Waals surface area contributed by atoms with Crippen LogP contribution in [0.4, 0.5) is 32.2 Å². The van der Waals surface area contributed by atoms with Crippen LogP contribution in [0.1, 0.15) is 53.0 Å². The molecular weight excluding hydrogens is 728 g/mol. The third-order valence-electron chi connectivity index (χ3n) is 8.96. The molecule has 7 rings (SSSR count). The first-order chi connectivity index (χ1) is 23.9. The molecule has 1 unspecified atom stereocenters. The number of anilines is 1. The normalized spacial score (nSPS) is 18.2. The van der Waals surface area contributed by atoms with Crippen LogP contribution in [0, 0.1) is 17.6 Å². The van der Waals surface area contributed by atoms with Gasteiger partial charge in [-0.15, -0.1) is 0 Å². The van der Waals surface area contributed by atoms with Crippen molar-refractivity contribution in [2.45, 2.75) is 43.7 Å². The van der Waals surface area contributed by atoms with E-state index in [0.717, 1.165) is 46.0 Å². The molecule has 19 heteroatoms. The van der Waals surface area contributed by atoms with Gasteiger partial charge >= 0.3 is 0 Å². The molecule has 3 atom stereocenters. The van der Waals surface area contributed by atoms with E-state index < -0.39 is 81.2 Å². The molecule has 2 aromatic carbocycles. The summed E-state index contributed by atoms with van der Waals surface area (Å²) in [7, 11) is -2.39. The molecule has 3 aromatic heterocycles. The Hall–Kier alpha value is -4.84. The van der Waals surface area contributed by atoms with Crippen molar-refractivity contribution in [3.8, 4) is 5.69 Å². The number of carbonyl (C=O) groups is 1. The van der Waals surface area contributed by atoms with Crippen molar-refractivity contribution in [1.29, 1.82) is 0 Å². The monoisotopic (exact) mass is 753 g/mol. The number of rotatable bonds is 10. The smallest absolute Gasteiger partial charge is 0.291 e. The Labute approximate surface area is 289 Å². The first kappa shape index (κ1) is 34.6. The summed E-state index contributed by atoms with van der Waals surface area (Å²) in [6.07, 6.45) is -0.537. The van der Waals surface area contributed by atoms with Gasteiger partial charge < -0.3 is 9.88 Å². The van der Waals surface area contributed by atoms with Gasteiger partial charge in [-0.1, -0.05) is 11.6 Å². The van der Waals surface area contributed by atoms with Crippen molar-refractivity contribution < 1.29 is 39.6 Å². The summed E-state index contributed by atoms with van der Waals surface area (Å²) in [5.41, 5.74) is -1.90. The molecule has 1 amide bonds. The van der Waals surface area contributed by atoms with Gasteiger partial charge in [0.15, 0.2) is 5.82 Å². The van der Waals surface area contributed by atoms with Crippen LogP contribution in [0.5, 0.6) is 0 Å². The van der Waals surface area contributed by atoms with Gasteiger partial charge in [0.2, 0.25) is 15.9 Å². The average Bonchev–Trinajstić information content (AvgIpc) is 3.56. The first-order valence-electron chi connectivity index (χ1n) is 15.3. The number of alkyl halides is 4. The van der Waals surface area contributed by atoms with Gasteiger partial charge in [-0.05, 0) is 47.7 Å². The van der Waals surface area contributed by atoms with Crippen molar-refractivity contribution >= 4 is 44.3 Å². The highest BCUT2D eigenvalue weighted by Crippen LogP contribution is 2.68. The third kappa shape index (κ3) is 6.13. The molecule has 0 aliphatic heterocycles. The number of fused-ring (bicyclic) bond motifs is 4. The van der Waals surface area contributed by atoms with Crippen LogP contribution in [-0.2, 0) is 40.8 Å². The zero-order chi connectivity index (χ0) is 36.7. The van der Waals surface area contributed by atoms with Gasteiger partial charge in [-0.3, -0.25) is 23.6 Å². The van der Waals surface area contributed by atoms with Crippen molar-refractivity contribution in [2.24, 2.45) is 13.0 Å². The molecule has 1 fully saturated rings. The number of halogens is 7. The molecule has 1 saturated carbocycles. The largest absolute Gasteiger partial charge is 0.344 e. The Bertz CT molecular complexity index is 2410. The maximum Gasteiger partial charge on any atom is 0.291 e. The molecule has 268 valence electrons. The molecule has 2 aliphatic carbocycles. The van der Waals surface area contributed by atoms with Gasteiger partial charge in [0.25, 0.3) is 17.9 Å². The number of amides is 1. The fraction of sp³-hybridized carbons (Fsp3) is 0.312. The summed E-state index contributed by atoms with van der Waals surface area (Å²) in [4.78, 5) is 31.6. The van der Waals surface area contributed by atoms with Gasteiger partial charge in [-0.25, -0.2) is 31.0 Å². The van der Waals surface area contributed by atoms with E-state index in [2.05, 4.69) is 20.1 Å². The Morgan fingerprint density at radius 2 is 1.84 bits per heavy atom. The highest BCUT2D eigenvalue weighted by molar-refractivity contribution is 7.92. The molecular formula is C32H26ClF6N7O4S. The molecule has 2 N–H and O–H groups in total. The van der Waals surface area contributed by atoms with Crippen LogP contribution in [-0.4, -0.2) is 44.5 Å². The van der Waals surface area contributed by atoms with Crippen LogP contribution in [0.15, 0.2) is 53.6 Å². The fourth-order valence-corrected chi connectivity index (χ4v) is 7.74. The minimum Gasteiger partial charge on any atom is -0.344 e. The Morgan fingerprint density at radius 1 is 1.14 bits per heavy atom. The summed E-state index contributed by atoms with van der Waals surface area (Å²) in [6, 6.07) is 5.07. The number of sulfonamides is 1. The fourth-order valence-electron chi connectivity index (χ4n) is 7.01. The number of nitrogens with one attached hydrogen (secondary N) is 2. The van der Waals surface area contributed by atoms with Gasteiger partial charge in [0.05, 0.1) is 39.6 Å². The second kappa shape index (κ2) is 12.1. The minimum atomic E-state index is -3.84. The Balaban J connectivity index is 1.34. The van der Waals surface area contributed by atoms with E-state index in [-0.39, 0.29) is 57.2 Å². The topological polar surface area (TPSA) is 133 Å². The molecule has 0 radical (unpaired) electrons. The van der Waals surface area contributed by atoms with Crippen molar-refractivity contribution in [3.63, 3.8) is 0 Å². The van der Waals surface area contributed by atoms with E-state index in [1.54, 1.807) is 0 Å². The standard InChI is InChI=1S/C32H26ClF6N7O4S/c1-44-27-22(4-3-20(33)26(27)30(42-44)43-51(2,49)50)46-24(48)5-6-40-31(46)21(9-14-7-15(34)10-16(35)8-14)41-23(47)13-45-12-18(29(36)37)25-17-11-19(17)32(38,39)28(25)45/h3-8,10,12,17,19,21,29H,9,11,13H2,1-2H3,(H,41,47)(H,42,43)/t17?,19-,21+/m1/s1. The van der Waals surface area contributed by atoms with E-state index in [1.807, 2.05) is 0 Å². The summed E-state index contributed by atoms with van der Waals surface area (Å²) in [6.45, 7) is -0.831. The molecule has 2 aliphatic rings. The number of aromatic nitrogens is 5. The summed E-state index contributed by atoms with van der Waals surface area (Å²) in [5, 5.41) is 6.97. The van der Waals surface area contributed by atoms with Crippen LogP contribution >= 0.6 is 11.6 Å². The van der Waals surface area contributed by atoms with Crippen molar-refractivity contribution in [1.82, 2.24) is 29.2 Å². The first-order valence-corrected chi connectivity index (χ1v) is 17.6. The number of carbonyl (C=O) groups excluding carboxylic acids is 1. The van der Waals surface area contributed by atoms with E-state index in [4.69, 9.17) is 11.6 Å². The number of benzene rings is 2. The van der Waals surface area contributed by atoms with Gasteiger partial charge in [0, 0.05) is 49.5 Å². The lowest BCUT2D eigenvalue weighted by molar-refractivity contribution is -0.122. The SMILES string of the molecule is Cn1nc(NS(C)(=O)=O)c2c(Cl)ccc(-n3c([C@H](Cc4cc(F)cc(F)c4)NC(=O)Cn4cc(C(F)F)c5c4C(F)(F)[C@@H]4CC54)nccc3=O)c21. The number of hydrogen-bond acceptors (Lipinski definition) is 6. The van der Waals surface area contributed by atoms with E-state index in [1.165, 1.54) is 23.9 Å². The second-order valence-corrected chi connectivity index (χ2v) is 14.7. The highest BCUT2D eigenvalue weighted by atomic mass is 35.5. The number of nitrogens with zero attached hydrogens (tertiary/aromatic N) is 5. The average molecular weight is 754 g/mol. The van der Waals surface area contributed by atoms with Crippen molar-refractivity contribution in [3.05, 3.63) is 104 Å². The van der Waals surface area contributed by atoms with Gasteiger partial charge in [0.1, 0.15) is 24.0 Å². The van der Waals surface area contributed by atoms with E-state index in [0.29, 0.717) is 6.07 Å². The maximum atomic E-state index is 15.2. The molecule has 11 nitrogen and oxygen atoms in total. The molecule has 51 heavy (non-hydrogen) atoms. The molecule has 5 aromatic rings. The molecule has 3 heterocycles. The highest BCUT2D eigenvalue weighted by Gasteiger charge is 2.66. The van der Waals surface area contributed by atoms with Crippen LogP contribution in [0.3, 0.4) is 0 Å². The van der Waals surface area contributed by atoms with E-state index in [9.17, 15) is 35.6 Å². The Kier molecular flexibility index (Phi) is 8.24. The predicted octanol–water partition coefficient (Wildman–Crippen LogP) is 5.47. The molecule has 0 bridgehead atoms. The Morgan fingerprint density at radius 3 is 2.51 bits per heavy atom. The predicted molar refractivity (Wildman–Crippen MR) is 173 cm³/mol. The zero-order valence-corrected chi connectivity index (χ0v) is 28.0. The number of aryl methyl sites for hydroxylation is 1. The second-order valence-electron chi connectivity index (χ2n) is 12.6. The molecule has 0 spiro atoms. The lowest BCUT2D eigenvalue weighted by Crippen LogP contribution is -2.37. The minimum absolute atomic E-state index is 0.0114. The van der Waals surface area contributed by atoms with Crippen LogP contribution in [0.2, 0.25) is 5.02 Å². The summed E-state index contributed by atoms with van der Waals surface area (Å²) >= 11 is 6.46.